The van der Waals surface area contributed by atoms with Crippen molar-refractivity contribution in [2.75, 3.05) is 17.2 Å². The highest BCUT2D eigenvalue weighted by atomic mass is 19.1. The van der Waals surface area contributed by atoms with Gasteiger partial charge >= 0.3 is 0 Å². The van der Waals surface area contributed by atoms with E-state index < -0.39 is 28.9 Å². The number of hydrogen-bond donors (Lipinski definition) is 2. The predicted octanol–water partition coefficient (Wildman–Crippen LogP) is 5.50. The lowest BCUT2D eigenvalue weighted by Crippen LogP contribution is -2.35. The molecular weight excluding hydrogens is 508 g/mol. The largest absolute Gasteiger partial charge is 0.491 e. The molecule has 1 fully saturated rings. The van der Waals surface area contributed by atoms with Gasteiger partial charge in [0.2, 0.25) is 17.7 Å². The van der Waals surface area contributed by atoms with E-state index in [2.05, 4.69) is 20.7 Å². The Hall–Kier alpha value is -4.54. The number of hydrogen-bond acceptors (Lipinski definition) is 6. The first kappa shape index (κ1) is 26.1. The minimum atomic E-state index is -1.27. The molecule has 2 heterocycles. The van der Waals surface area contributed by atoms with Crippen LogP contribution in [0.1, 0.15) is 32.3 Å². The molecule has 39 heavy (non-hydrogen) atoms. The molecule has 0 spiro atoms. The molecule has 1 aliphatic rings. The normalized spacial score (nSPS) is 13.8. The van der Waals surface area contributed by atoms with Gasteiger partial charge in [-0.2, -0.15) is 10.1 Å². The van der Waals surface area contributed by atoms with E-state index in [0.717, 1.165) is 11.6 Å². The van der Waals surface area contributed by atoms with E-state index in [1.54, 1.807) is 10.7 Å². The Kier molecular flexibility index (Phi) is 6.90. The van der Waals surface area contributed by atoms with Gasteiger partial charge in [0.1, 0.15) is 28.8 Å². The van der Waals surface area contributed by atoms with Crippen LogP contribution in [0.4, 0.5) is 20.2 Å². The number of anilines is 2. The van der Waals surface area contributed by atoms with E-state index in [4.69, 9.17) is 9.47 Å². The van der Waals surface area contributed by atoms with Gasteiger partial charge in [0.25, 0.3) is 0 Å². The van der Waals surface area contributed by atoms with Gasteiger partial charge in [-0.25, -0.2) is 13.3 Å². The summed E-state index contributed by atoms with van der Waals surface area (Å²) in [6, 6.07) is 9.21. The zero-order valence-corrected chi connectivity index (χ0v) is 21.6. The van der Waals surface area contributed by atoms with Crippen LogP contribution >= 0.6 is 0 Å². The maximum Gasteiger partial charge on any atom is 0.247 e. The molecular formula is C28H27F2N5O4. The maximum atomic E-state index is 15.0. The number of carbonyl (C=O) groups is 2. The Morgan fingerprint density at radius 1 is 1.03 bits per heavy atom. The molecule has 9 nitrogen and oxygen atoms in total. The van der Waals surface area contributed by atoms with Crippen molar-refractivity contribution in [3.05, 3.63) is 72.2 Å². The number of nitrogens with one attached hydrogen (secondary N) is 2. The quantitative estimate of drug-likeness (QED) is 0.274. The zero-order chi connectivity index (χ0) is 27.7. The Morgan fingerprint density at radius 3 is 2.33 bits per heavy atom. The van der Waals surface area contributed by atoms with Crippen LogP contribution in [0.2, 0.25) is 0 Å². The monoisotopic (exact) mass is 535 g/mol. The average Bonchev–Trinajstić information content (AvgIpc) is 3.65. The fraction of sp³-hybridized carbons (Fsp3) is 0.286. The summed E-state index contributed by atoms with van der Waals surface area (Å²) >= 11 is 0. The van der Waals surface area contributed by atoms with E-state index in [9.17, 15) is 14.0 Å². The Bertz CT molecular complexity index is 1550. The molecule has 2 amide bonds. The molecule has 1 aliphatic carbocycles. The van der Waals surface area contributed by atoms with E-state index in [1.807, 2.05) is 20.8 Å². The third-order valence-corrected chi connectivity index (χ3v) is 6.44. The first-order chi connectivity index (χ1) is 18.7. The van der Waals surface area contributed by atoms with E-state index >= 15 is 4.39 Å². The molecule has 5 rings (SSSR count). The zero-order valence-electron chi connectivity index (χ0n) is 21.6. The topological polar surface area (TPSA) is 107 Å². The van der Waals surface area contributed by atoms with Crippen LogP contribution in [0.25, 0.3) is 5.52 Å². The number of rotatable bonds is 9. The van der Waals surface area contributed by atoms with Crippen molar-refractivity contribution >= 4 is 28.7 Å². The van der Waals surface area contributed by atoms with Gasteiger partial charge < -0.3 is 20.1 Å². The number of nitrogens with zero attached hydrogens (tertiary/aromatic N) is 3. The highest BCUT2D eigenvalue weighted by Crippen LogP contribution is 2.47. The van der Waals surface area contributed by atoms with Crippen molar-refractivity contribution in [2.24, 2.45) is 11.3 Å². The second-order valence-electron chi connectivity index (χ2n) is 9.93. The van der Waals surface area contributed by atoms with Gasteiger partial charge in [-0.3, -0.25) is 9.59 Å². The molecule has 1 saturated carbocycles. The maximum absolute atomic E-state index is 15.0. The summed E-state index contributed by atoms with van der Waals surface area (Å²) in [5.74, 6) is -1.21. The van der Waals surface area contributed by atoms with Gasteiger partial charge in [0, 0.05) is 23.0 Å². The highest BCUT2D eigenvalue weighted by molar-refractivity contribution is 6.16. The van der Waals surface area contributed by atoms with Gasteiger partial charge in [-0.15, -0.1) is 0 Å². The second kappa shape index (κ2) is 10.3. The Morgan fingerprint density at radius 2 is 1.69 bits per heavy atom. The van der Waals surface area contributed by atoms with Crippen molar-refractivity contribution in [1.82, 2.24) is 14.6 Å². The SMILES string of the molecule is Cc1c(OCC(C)C)cn2ncnc(Oc3ccc(NC(=O)C4(C(=O)Nc5ccc(F)cc5)CC4)cc3F)c12. The van der Waals surface area contributed by atoms with Crippen LogP contribution < -0.4 is 20.1 Å². The molecule has 2 N–H and O–H groups in total. The fourth-order valence-electron chi connectivity index (χ4n) is 4.06. The van der Waals surface area contributed by atoms with Crippen molar-refractivity contribution in [3.63, 3.8) is 0 Å². The number of ether oxygens (including phenoxy) is 2. The summed E-state index contributed by atoms with van der Waals surface area (Å²) in [6.07, 6.45) is 3.71. The van der Waals surface area contributed by atoms with Crippen molar-refractivity contribution in [3.8, 4) is 17.4 Å². The second-order valence-corrected chi connectivity index (χ2v) is 9.93. The lowest BCUT2D eigenvalue weighted by molar-refractivity contribution is -0.131. The summed E-state index contributed by atoms with van der Waals surface area (Å²) in [7, 11) is 0. The number of aryl methyl sites for hydroxylation is 1. The summed E-state index contributed by atoms with van der Waals surface area (Å²) in [5, 5.41) is 9.44. The van der Waals surface area contributed by atoms with E-state index in [-0.39, 0.29) is 17.3 Å². The first-order valence-corrected chi connectivity index (χ1v) is 12.5. The minimum Gasteiger partial charge on any atom is -0.491 e. The average molecular weight is 536 g/mol. The fourth-order valence-corrected chi connectivity index (χ4v) is 4.06. The molecule has 0 unspecified atom stereocenters. The molecule has 202 valence electrons. The molecule has 2 aromatic carbocycles. The number of benzene rings is 2. The van der Waals surface area contributed by atoms with Gasteiger partial charge in [0.05, 0.1) is 12.8 Å². The van der Waals surface area contributed by atoms with Crippen LogP contribution in [0, 0.1) is 29.9 Å². The molecule has 0 radical (unpaired) electrons. The van der Waals surface area contributed by atoms with Gasteiger partial charge in [0.15, 0.2) is 11.6 Å². The molecule has 4 aromatic rings. The minimum absolute atomic E-state index is 0.103. The highest BCUT2D eigenvalue weighted by Gasteiger charge is 2.56. The smallest absolute Gasteiger partial charge is 0.247 e. The van der Waals surface area contributed by atoms with Crippen molar-refractivity contribution in [2.45, 2.75) is 33.6 Å². The summed E-state index contributed by atoms with van der Waals surface area (Å²) in [6.45, 7) is 6.46. The lowest BCUT2D eigenvalue weighted by Gasteiger charge is -2.16. The summed E-state index contributed by atoms with van der Waals surface area (Å²) in [4.78, 5) is 29.9. The van der Waals surface area contributed by atoms with E-state index in [0.29, 0.717) is 42.3 Å². The third-order valence-electron chi connectivity index (χ3n) is 6.44. The van der Waals surface area contributed by atoms with Gasteiger partial charge in [-0.1, -0.05) is 13.8 Å². The van der Waals surface area contributed by atoms with Crippen LogP contribution in [0.5, 0.6) is 17.4 Å². The first-order valence-electron chi connectivity index (χ1n) is 12.5. The van der Waals surface area contributed by atoms with E-state index in [1.165, 1.54) is 42.7 Å². The predicted molar refractivity (Wildman–Crippen MR) is 140 cm³/mol. The summed E-state index contributed by atoms with van der Waals surface area (Å²) < 4.78 is 41.4. The number of aromatic nitrogens is 3. The van der Waals surface area contributed by atoms with Crippen molar-refractivity contribution < 1.29 is 27.8 Å². The number of carbonyl (C=O) groups excluding carboxylic acids is 2. The van der Waals surface area contributed by atoms with Gasteiger partial charge in [-0.05, 0) is 62.1 Å². The Balaban J connectivity index is 1.29. The third kappa shape index (κ3) is 5.38. The Labute approximate surface area is 223 Å². The number of fused-ring (bicyclic) bond motifs is 1. The lowest BCUT2D eigenvalue weighted by atomic mass is 10.0. The molecule has 11 heteroatoms. The van der Waals surface area contributed by atoms with Crippen molar-refractivity contribution in [1.29, 1.82) is 0 Å². The molecule has 0 aliphatic heterocycles. The molecule has 0 atom stereocenters. The standard InChI is InChI=1S/C28H27F2N5O4/c1-16(2)14-38-23-13-35-24(17(23)3)25(31-15-32-35)39-22-9-8-20(12-21(22)30)34-27(37)28(10-11-28)26(36)33-19-6-4-18(29)5-7-19/h4-9,12-13,15-16H,10-11,14H2,1-3H3,(H,33,36)(H,34,37). The van der Waals surface area contributed by atoms with Crippen LogP contribution in [0.15, 0.2) is 55.0 Å². The molecule has 0 bridgehead atoms. The van der Waals surface area contributed by atoms with Crippen LogP contribution in [-0.2, 0) is 9.59 Å². The summed E-state index contributed by atoms with van der Waals surface area (Å²) in [5.41, 5.74) is 0.569. The number of halogens is 2. The number of amides is 2. The molecule has 0 saturated heterocycles. The van der Waals surface area contributed by atoms with Crippen LogP contribution in [-0.4, -0.2) is 33.0 Å². The van der Waals surface area contributed by atoms with Crippen LogP contribution in [0.3, 0.4) is 0 Å². The molecule has 2 aromatic heterocycles.